The van der Waals surface area contributed by atoms with E-state index in [0.29, 0.717) is 16.3 Å². The van der Waals surface area contributed by atoms with Crippen molar-refractivity contribution in [2.75, 3.05) is 7.11 Å². The number of hydrogen-bond donors (Lipinski definition) is 1. The Hall–Kier alpha value is -1.75. The lowest BCUT2D eigenvalue weighted by molar-refractivity contribution is -0.149. The highest BCUT2D eigenvalue weighted by Gasteiger charge is 2.23. The van der Waals surface area contributed by atoms with Crippen LogP contribution in [0.15, 0.2) is 23.4 Å². The zero-order valence-corrected chi connectivity index (χ0v) is 12.7. The van der Waals surface area contributed by atoms with Crippen molar-refractivity contribution in [3.63, 3.8) is 0 Å². The van der Waals surface area contributed by atoms with Crippen molar-refractivity contribution >= 4 is 23.4 Å². The monoisotopic (exact) mass is 310 g/mol. The van der Waals surface area contributed by atoms with Crippen molar-refractivity contribution in [2.24, 2.45) is 16.8 Å². The van der Waals surface area contributed by atoms with Gasteiger partial charge in [0.2, 0.25) is 0 Å². The van der Waals surface area contributed by atoms with Gasteiger partial charge in [-0.3, -0.25) is 0 Å². The predicted octanol–water partition coefficient (Wildman–Crippen LogP) is 3.09. The van der Waals surface area contributed by atoms with Crippen molar-refractivity contribution < 1.29 is 14.4 Å². The highest BCUT2D eigenvalue weighted by molar-refractivity contribution is 6.31. The quantitative estimate of drug-likeness (QED) is 0.401. The number of rotatable bonds is 4. The van der Waals surface area contributed by atoms with Gasteiger partial charge in [0.25, 0.3) is 0 Å². The first-order valence-electron chi connectivity index (χ1n) is 7.00. The molecular formula is C15H19ClN2O3. The number of nitrogens with zero attached hydrogens (tertiary/aromatic N) is 1. The highest BCUT2D eigenvalue weighted by atomic mass is 35.5. The number of nitrogens with two attached hydrogens (primary N) is 1. The van der Waals surface area contributed by atoms with Gasteiger partial charge in [-0.05, 0) is 31.0 Å². The number of hydrogen-bond acceptors (Lipinski definition) is 4. The van der Waals surface area contributed by atoms with Crippen LogP contribution in [0.3, 0.4) is 0 Å². The first kappa shape index (κ1) is 15.6. The summed E-state index contributed by atoms with van der Waals surface area (Å²) in [6.07, 6.45) is 5.00. The van der Waals surface area contributed by atoms with Gasteiger partial charge in [0.05, 0.1) is 18.6 Å². The van der Waals surface area contributed by atoms with Crippen molar-refractivity contribution in [3.8, 4) is 5.75 Å². The number of halogens is 1. The summed E-state index contributed by atoms with van der Waals surface area (Å²) in [5.41, 5.74) is 6.35. The summed E-state index contributed by atoms with van der Waals surface area (Å²) in [6.45, 7) is 0. The number of benzene rings is 1. The predicted molar refractivity (Wildman–Crippen MR) is 81.4 cm³/mol. The van der Waals surface area contributed by atoms with Gasteiger partial charge in [-0.15, -0.1) is 0 Å². The Labute approximate surface area is 129 Å². The molecule has 5 nitrogen and oxygen atoms in total. The maximum absolute atomic E-state index is 11.9. The molecule has 0 spiro atoms. The molecule has 1 aromatic carbocycles. The molecule has 0 heterocycles. The maximum Gasteiger partial charge on any atom is 0.338 e. The van der Waals surface area contributed by atoms with Gasteiger partial charge >= 0.3 is 5.97 Å². The zero-order chi connectivity index (χ0) is 15.2. The summed E-state index contributed by atoms with van der Waals surface area (Å²) in [4.78, 5) is 16.9. The van der Waals surface area contributed by atoms with E-state index in [1.54, 1.807) is 18.2 Å². The van der Waals surface area contributed by atoms with Crippen LogP contribution in [0.25, 0.3) is 0 Å². The smallest absolute Gasteiger partial charge is 0.338 e. The highest BCUT2D eigenvalue weighted by Crippen LogP contribution is 2.25. The minimum absolute atomic E-state index is 0.0681. The van der Waals surface area contributed by atoms with Crippen LogP contribution in [-0.2, 0) is 9.63 Å². The molecule has 0 bridgehead atoms. The molecule has 2 rings (SSSR count). The molecule has 0 amide bonds. The first-order chi connectivity index (χ1) is 10.1. The van der Waals surface area contributed by atoms with Crippen molar-refractivity contribution in [1.82, 2.24) is 0 Å². The summed E-state index contributed by atoms with van der Waals surface area (Å²) < 4.78 is 5.18. The van der Waals surface area contributed by atoms with E-state index in [1.165, 1.54) is 13.5 Å². The first-order valence-corrected chi connectivity index (χ1v) is 7.38. The molecule has 1 aromatic rings. The maximum atomic E-state index is 11.9. The summed E-state index contributed by atoms with van der Waals surface area (Å²) in [6, 6.07) is 4.99. The standard InChI is InChI=1S/C15H19ClN2O3/c1-20-13-8-7-11(16)9-12(13)14(17)18-21-15(19)10-5-3-2-4-6-10/h7-10H,2-6H2,1H3,(H2,17,18). The fourth-order valence-corrected chi connectivity index (χ4v) is 2.61. The van der Waals surface area contributed by atoms with Gasteiger partial charge in [-0.1, -0.05) is 36.0 Å². The molecule has 6 heteroatoms. The van der Waals surface area contributed by atoms with Crippen LogP contribution in [0.5, 0.6) is 5.75 Å². The van der Waals surface area contributed by atoms with Gasteiger partial charge in [-0.2, -0.15) is 0 Å². The van der Waals surface area contributed by atoms with Gasteiger partial charge in [0.1, 0.15) is 5.75 Å². The Bertz CT molecular complexity index is 540. The van der Waals surface area contributed by atoms with Gasteiger partial charge < -0.3 is 15.3 Å². The van der Waals surface area contributed by atoms with Gasteiger partial charge in [0, 0.05) is 5.02 Å². The molecule has 2 N–H and O–H groups in total. The molecule has 1 aliphatic carbocycles. The number of amidine groups is 1. The second-order valence-electron chi connectivity index (χ2n) is 5.07. The average molecular weight is 311 g/mol. The molecular weight excluding hydrogens is 292 g/mol. The van der Waals surface area contributed by atoms with Crippen molar-refractivity contribution in [1.29, 1.82) is 0 Å². The molecule has 0 unspecified atom stereocenters. The average Bonchev–Trinajstić information content (AvgIpc) is 2.53. The van der Waals surface area contributed by atoms with Crippen LogP contribution in [0.4, 0.5) is 0 Å². The molecule has 0 saturated heterocycles. The van der Waals surface area contributed by atoms with Gasteiger partial charge in [-0.25, -0.2) is 4.79 Å². The summed E-state index contributed by atoms with van der Waals surface area (Å²) in [5, 5.41) is 4.23. The minimum Gasteiger partial charge on any atom is -0.496 e. The lowest BCUT2D eigenvalue weighted by Gasteiger charge is -2.18. The van der Waals surface area contributed by atoms with Crippen LogP contribution < -0.4 is 10.5 Å². The Kier molecular flexibility index (Phi) is 5.44. The molecule has 0 radical (unpaired) electrons. The van der Waals surface area contributed by atoms with E-state index >= 15 is 0 Å². The van der Waals surface area contributed by atoms with Crippen LogP contribution >= 0.6 is 11.6 Å². The van der Waals surface area contributed by atoms with E-state index in [1.807, 2.05) is 0 Å². The third kappa shape index (κ3) is 4.11. The zero-order valence-electron chi connectivity index (χ0n) is 12.0. The van der Waals surface area contributed by atoms with E-state index in [0.717, 1.165) is 25.7 Å². The van der Waals surface area contributed by atoms with Crippen molar-refractivity contribution in [2.45, 2.75) is 32.1 Å². The van der Waals surface area contributed by atoms with E-state index in [4.69, 9.17) is 26.9 Å². The Morgan fingerprint density at radius 3 is 2.71 bits per heavy atom. The lowest BCUT2D eigenvalue weighted by Crippen LogP contribution is -2.21. The summed E-state index contributed by atoms with van der Waals surface area (Å²) in [7, 11) is 1.52. The summed E-state index contributed by atoms with van der Waals surface area (Å²) >= 11 is 5.93. The summed E-state index contributed by atoms with van der Waals surface area (Å²) in [5.74, 6) is 0.197. The Morgan fingerprint density at radius 2 is 2.05 bits per heavy atom. The molecule has 1 saturated carbocycles. The fraction of sp³-hybridized carbons (Fsp3) is 0.467. The van der Waals surface area contributed by atoms with Crippen LogP contribution in [-0.4, -0.2) is 18.9 Å². The molecule has 114 valence electrons. The van der Waals surface area contributed by atoms with E-state index in [2.05, 4.69) is 5.16 Å². The molecule has 21 heavy (non-hydrogen) atoms. The second kappa shape index (κ2) is 7.31. The largest absolute Gasteiger partial charge is 0.496 e. The van der Waals surface area contributed by atoms with Crippen LogP contribution in [0.2, 0.25) is 5.02 Å². The topological polar surface area (TPSA) is 73.9 Å². The number of carbonyl (C=O) groups is 1. The Morgan fingerprint density at radius 1 is 1.33 bits per heavy atom. The molecule has 0 aromatic heterocycles. The number of methoxy groups -OCH3 is 1. The Balaban J connectivity index is 2.06. The van der Waals surface area contributed by atoms with E-state index in [9.17, 15) is 4.79 Å². The molecule has 0 atom stereocenters. The number of ether oxygens (including phenoxy) is 1. The SMILES string of the molecule is COc1ccc(Cl)cc1/C(N)=N/OC(=O)C1CCCCC1. The third-order valence-electron chi connectivity index (χ3n) is 3.61. The van der Waals surface area contributed by atoms with E-state index in [-0.39, 0.29) is 17.7 Å². The number of carbonyl (C=O) groups excluding carboxylic acids is 1. The normalized spacial score (nSPS) is 16.6. The van der Waals surface area contributed by atoms with Crippen LogP contribution in [0, 0.1) is 5.92 Å². The van der Waals surface area contributed by atoms with Crippen LogP contribution in [0.1, 0.15) is 37.7 Å². The van der Waals surface area contributed by atoms with E-state index < -0.39 is 0 Å². The van der Waals surface area contributed by atoms with Crippen molar-refractivity contribution in [3.05, 3.63) is 28.8 Å². The molecule has 1 fully saturated rings. The molecule has 1 aliphatic rings. The minimum atomic E-state index is -0.321. The molecule has 0 aliphatic heterocycles. The fourth-order valence-electron chi connectivity index (χ4n) is 2.44. The third-order valence-corrected chi connectivity index (χ3v) is 3.85. The van der Waals surface area contributed by atoms with Gasteiger partial charge in [0.15, 0.2) is 5.84 Å². The number of oxime groups is 1. The lowest BCUT2D eigenvalue weighted by atomic mass is 9.89. The second-order valence-corrected chi connectivity index (χ2v) is 5.50.